The molecule has 11 heteroatoms. The minimum atomic E-state index is -0.447. The van der Waals surface area contributed by atoms with Crippen LogP contribution in [-0.4, -0.2) is 39.6 Å². The molecule has 2 heterocycles. The largest absolute Gasteiger partial charge is 0.481 e. The van der Waals surface area contributed by atoms with E-state index >= 15 is 0 Å². The van der Waals surface area contributed by atoms with E-state index in [2.05, 4.69) is 20.3 Å². The van der Waals surface area contributed by atoms with Gasteiger partial charge in [-0.2, -0.15) is 9.97 Å². The van der Waals surface area contributed by atoms with Crippen molar-refractivity contribution in [3.05, 3.63) is 79.8 Å². The molecule has 0 aliphatic rings. The van der Waals surface area contributed by atoms with Crippen molar-refractivity contribution in [2.75, 3.05) is 14.2 Å². The minimum absolute atomic E-state index is 0.00383. The topological polar surface area (TPSA) is 111 Å². The quantitative estimate of drug-likeness (QED) is 0.404. The first-order chi connectivity index (χ1) is 15.9. The second kappa shape index (κ2) is 9.39. The molecule has 2 aromatic carbocycles. The van der Waals surface area contributed by atoms with Gasteiger partial charge in [-0.1, -0.05) is 23.7 Å². The molecule has 0 bridgehead atoms. The lowest BCUT2D eigenvalue weighted by molar-refractivity contribution is 0.0951. The molecule has 0 aliphatic heterocycles. The Balaban J connectivity index is 1.68. The van der Waals surface area contributed by atoms with Gasteiger partial charge in [0.15, 0.2) is 4.77 Å². The summed E-state index contributed by atoms with van der Waals surface area (Å²) >= 11 is 11.3. The molecule has 0 saturated carbocycles. The van der Waals surface area contributed by atoms with E-state index in [0.717, 1.165) is 10.1 Å². The molecule has 0 saturated heterocycles. The van der Waals surface area contributed by atoms with Gasteiger partial charge in [-0.25, -0.2) is 4.57 Å². The third-order valence-electron chi connectivity index (χ3n) is 4.81. The number of nitrogens with one attached hydrogen (secondary N) is 2. The second-order valence-corrected chi connectivity index (χ2v) is 7.72. The molecule has 0 aliphatic carbocycles. The van der Waals surface area contributed by atoms with E-state index in [0.29, 0.717) is 28.0 Å². The summed E-state index contributed by atoms with van der Waals surface area (Å²) in [4.78, 5) is 37.1. The van der Waals surface area contributed by atoms with Crippen LogP contribution in [0.25, 0.3) is 16.9 Å². The molecule has 33 heavy (non-hydrogen) atoms. The number of hydrogen-bond donors (Lipinski definition) is 2. The van der Waals surface area contributed by atoms with Crippen LogP contribution in [0.1, 0.15) is 15.9 Å². The van der Waals surface area contributed by atoms with Crippen molar-refractivity contribution in [3.8, 4) is 17.7 Å². The summed E-state index contributed by atoms with van der Waals surface area (Å²) in [7, 11) is 2.88. The molecule has 0 atom stereocenters. The first kappa shape index (κ1) is 22.4. The van der Waals surface area contributed by atoms with Crippen molar-refractivity contribution in [1.82, 2.24) is 24.8 Å². The van der Waals surface area contributed by atoms with Crippen LogP contribution >= 0.6 is 23.8 Å². The average molecular weight is 484 g/mol. The van der Waals surface area contributed by atoms with E-state index < -0.39 is 5.56 Å². The number of aromatic nitrogens is 4. The second-order valence-electron chi connectivity index (χ2n) is 6.89. The molecule has 9 nitrogen and oxygen atoms in total. The first-order valence-electron chi connectivity index (χ1n) is 9.69. The summed E-state index contributed by atoms with van der Waals surface area (Å²) < 4.78 is 11.5. The van der Waals surface area contributed by atoms with Crippen molar-refractivity contribution >= 4 is 40.6 Å². The molecule has 0 fully saturated rings. The lowest BCUT2D eigenvalue weighted by atomic mass is 10.1. The molecule has 0 unspecified atom stereocenters. The molecule has 4 aromatic rings. The number of hydrogen-bond acceptors (Lipinski definition) is 7. The Bertz CT molecular complexity index is 1440. The maximum absolute atomic E-state index is 13.2. The number of rotatable bonds is 6. The molecule has 0 radical (unpaired) electrons. The van der Waals surface area contributed by atoms with Gasteiger partial charge in [-0.15, -0.1) is 0 Å². The van der Waals surface area contributed by atoms with Gasteiger partial charge >= 0.3 is 0 Å². The van der Waals surface area contributed by atoms with Gasteiger partial charge in [0, 0.05) is 17.1 Å². The Morgan fingerprint density at radius 1 is 1.09 bits per heavy atom. The van der Waals surface area contributed by atoms with Crippen LogP contribution in [0.3, 0.4) is 0 Å². The highest BCUT2D eigenvalue weighted by Gasteiger charge is 2.15. The SMILES string of the molecule is COc1cc(OC)nc(-n2c(=S)[nH]c3cc(C(=O)NCc4ccc(Cl)cc4)ccc3c2=O)n1. The summed E-state index contributed by atoms with van der Waals surface area (Å²) in [6.45, 7) is 0.334. The number of carbonyl (C=O) groups is 1. The molecular formula is C22H18ClN5O4S. The Morgan fingerprint density at radius 3 is 2.39 bits per heavy atom. The van der Waals surface area contributed by atoms with Crippen LogP contribution in [0, 0.1) is 4.77 Å². The highest BCUT2D eigenvalue weighted by molar-refractivity contribution is 7.71. The van der Waals surface area contributed by atoms with E-state index in [-0.39, 0.29) is 28.4 Å². The minimum Gasteiger partial charge on any atom is -0.481 e. The predicted molar refractivity (Wildman–Crippen MR) is 126 cm³/mol. The van der Waals surface area contributed by atoms with E-state index in [9.17, 15) is 9.59 Å². The fourth-order valence-electron chi connectivity index (χ4n) is 3.13. The smallest absolute Gasteiger partial charge is 0.269 e. The van der Waals surface area contributed by atoms with E-state index in [1.54, 1.807) is 30.3 Å². The van der Waals surface area contributed by atoms with Crippen LogP contribution in [0.2, 0.25) is 5.02 Å². The number of H-pyrrole nitrogens is 1. The number of carbonyl (C=O) groups excluding carboxylic acids is 1. The van der Waals surface area contributed by atoms with E-state index in [1.165, 1.54) is 20.3 Å². The average Bonchev–Trinajstić information content (AvgIpc) is 2.82. The summed E-state index contributed by atoms with van der Waals surface area (Å²) in [5, 5.41) is 3.77. The number of ether oxygens (including phenoxy) is 2. The normalized spacial score (nSPS) is 10.8. The monoisotopic (exact) mass is 483 g/mol. The summed E-state index contributed by atoms with van der Waals surface area (Å²) in [6.07, 6.45) is 0. The molecule has 168 valence electrons. The Morgan fingerprint density at radius 2 is 1.76 bits per heavy atom. The predicted octanol–water partition coefficient (Wildman–Crippen LogP) is 3.44. The van der Waals surface area contributed by atoms with Gasteiger partial charge in [-0.05, 0) is 48.1 Å². The standard InChI is InChI=1S/C22H18ClN5O4S/c1-31-17-10-18(32-2)27-21(26-17)28-20(30)15-8-5-13(9-16(15)25-22(28)33)19(29)24-11-12-3-6-14(23)7-4-12/h3-10H,11H2,1-2H3,(H,24,29)(H,25,33). The highest BCUT2D eigenvalue weighted by Crippen LogP contribution is 2.18. The van der Waals surface area contributed by atoms with E-state index in [4.69, 9.17) is 33.3 Å². The number of methoxy groups -OCH3 is 2. The van der Waals surface area contributed by atoms with Crippen molar-refractivity contribution in [1.29, 1.82) is 0 Å². The zero-order valence-corrected chi connectivity index (χ0v) is 19.2. The van der Waals surface area contributed by atoms with Gasteiger partial charge in [0.2, 0.25) is 17.7 Å². The zero-order valence-electron chi connectivity index (χ0n) is 17.6. The number of nitrogens with zero attached hydrogens (tertiary/aromatic N) is 3. The number of fused-ring (bicyclic) bond motifs is 1. The number of halogens is 1. The third kappa shape index (κ3) is 4.71. The molecule has 2 aromatic heterocycles. The van der Waals surface area contributed by atoms with Gasteiger partial charge in [-0.3, -0.25) is 9.59 Å². The summed E-state index contributed by atoms with van der Waals surface area (Å²) in [5.41, 5.74) is 1.25. The van der Waals surface area contributed by atoms with Crippen LogP contribution in [0.5, 0.6) is 11.8 Å². The number of aromatic amines is 1. The maximum Gasteiger partial charge on any atom is 0.269 e. The summed E-state index contributed by atoms with van der Waals surface area (Å²) in [5.74, 6) is 0.136. The lowest BCUT2D eigenvalue weighted by Crippen LogP contribution is -2.24. The molecule has 4 rings (SSSR count). The molecular weight excluding hydrogens is 466 g/mol. The van der Waals surface area contributed by atoms with E-state index in [1.807, 2.05) is 12.1 Å². The fraction of sp³-hybridized carbons (Fsp3) is 0.136. The number of benzene rings is 2. The maximum atomic E-state index is 13.2. The molecule has 2 N–H and O–H groups in total. The van der Waals surface area contributed by atoms with Gasteiger partial charge in [0.05, 0.1) is 31.2 Å². The van der Waals surface area contributed by atoms with Crippen LogP contribution < -0.4 is 20.3 Å². The van der Waals surface area contributed by atoms with Gasteiger partial charge < -0.3 is 19.8 Å². The first-order valence-corrected chi connectivity index (χ1v) is 10.5. The van der Waals surface area contributed by atoms with Crippen LogP contribution in [0.15, 0.2) is 53.3 Å². The Hall–Kier alpha value is -3.76. The lowest BCUT2D eigenvalue weighted by Gasteiger charge is -2.10. The van der Waals surface area contributed by atoms with Crippen molar-refractivity contribution in [3.63, 3.8) is 0 Å². The molecule has 1 amide bonds. The molecule has 0 spiro atoms. The van der Waals surface area contributed by atoms with Crippen molar-refractivity contribution in [2.45, 2.75) is 6.54 Å². The zero-order chi connectivity index (χ0) is 23.5. The van der Waals surface area contributed by atoms with Crippen molar-refractivity contribution < 1.29 is 14.3 Å². The van der Waals surface area contributed by atoms with Crippen molar-refractivity contribution in [2.24, 2.45) is 0 Å². The fourth-order valence-corrected chi connectivity index (χ4v) is 3.53. The van der Waals surface area contributed by atoms with Gasteiger partial charge in [0.1, 0.15) is 0 Å². The highest BCUT2D eigenvalue weighted by atomic mass is 35.5. The van der Waals surface area contributed by atoms with Crippen LogP contribution in [-0.2, 0) is 6.54 Å². The number of amides is 1. The Kier molecular flexibility index (Phi) is 6.38. The Labute approximate surface area is 198 Å². The van der Waals surface area contributed by atoms with Gasteiger partial charge in [0.25, 0.3) is 11.5 Å². The summed E-state index contributed by atoms with van der Waals surface area (Å²) in [6, 6.07) is 13.3. The third-order valence-corrected chi connectivity index (χ3v) is 5.35. The van der Waals surface area contributed by atoms with Crippen LogP contribution in [0.4, 0.5) is 0 Å².